The third kappa shape index (κ3) is 3.39. The molecule has 4 nitrogen and oxygen atoms in total. The summed E-state index contributed by atoms with van der Waals surface area (Å²) in [5, 5.41) is 18.3. The van der Waals surface area contributed by atoms with Gasteiger partial charge in [0.15, 0.2) is 0 Å². The summed E-state index contributed by atoms with van der Waals surface area (Å²) in [5.74, 6) is -0.416. The van der Waals surface area contributed by atoms with Crippen LogP contribution in [0.1, 0.15) is 15.9 Å². The number of halogens is 1. The molecule has 0 bridgehead atoms. The number of hydrogen-bond acceptors (Lipinski definition) is 3. The zero-order valence-corrected chi connectivity index (χ0v) is 10.6. The van der Waals surface area contributed by atoms with Gasteiger partial charge in [0.25, 0.3) is 0 Å². The highest BCUT2D eigenvalue weighted by molar-refractivity contribution is 6.33. The molecular formula is C14H11ClO4. The van der Waals surface area contributed by atoms with Gasteiger partial charge in [0.05, 0.1) is 10.6 Å². The van der Waals surface area contributed by atoms with Gasteiger partial charge in [-0.2, -0.15) is 0 Å². The van der Waals surface area contributed by atoms with Gasteiger partial charge < -0.3 is 14.9 Å². The molecule has 0 spiro atoms. The number of aromatic carboxylic acids is 1. The Labute approximate surface area is 114 Å². The number of carboxylic acids is 1. The molecule has 5 heteroatoms. The van der Waals surface area contributed by atoms with Crippen molar-refractivity contribution in [2.45, 2.75) is 6.61 Å². The highest BCUT2D eigenvalue weighted by Crippen LogP contribution is 2.21. The molecule has 0 saturated carbocycles. The molecule has 0 aliphatic heterocycles. The molecule has 98 valence electrons. The summed E-state index contributed by atoms with van der Waals surface area (Å²) in [6, 6.07) is 11.1. The molecular weight excluding hydrogens is 268 g/mol. The summed E-state index contributed by atoms with van der Waals surface area (Å²) in [6.07, 6.45) is 0. The number of phenolic OH excluding ortho intramolecular Hbond substituents is 1. The van der Waals surface area contributed by atoms with E-state index in [2.05, 4.69) is 0 Å². The molecule has 2 N–H and O–H groups in total. The van der Waals surface area contributed by atoms with Gasteiger partial charge in [0.2, 0.25) is 0 Å². The van der Waals surface area contributed by atoms with Crippen LogP contribution < -0.4 is 4.74 Å². The molecule has 2 aromatic rings. The summed E-state index contributed by atoms with van der Waals surface area (Å²) < 4.78 is 5.46. The summed E-state index contributed by atoms with van der Waals surface area (Å²) in [7, 11) is 0. The van der Waals surface area contributed by atoms with E-state index in [-0.39, 0.29) is 22.9 Å². The predicted molar refractivity (Wildman–Crippen MR) is 70.9 cm³/mol. The summed E-state index contributed by atoms with van der Waals surface area (Å²) in [6.45, 7) is 0.239. The Morgan fingerprint density at radius 1 is 1.21 bits per heavy atom. The average Bonchev–Trinajstić information content (AvgIpc) is 2.36. The molecule has 0 atom stereocenters. The third-order valence-electron chi connectivity index (χ3n) is 2.49. The zero-order chi connectivity index (χ0) is 13.8. The van der Waals surface area contributed by atoms with Crippen LogP contribution in [0.2, 0.25) is 5.02 Å². The van der Waals surface area contributed by atoms with Crippen LogP contribution in [0, 0.1) is 0 Å². The summed E-state index contributed by atoms with van der Waals surface area (Å²) in [5.41, 5.74) is 0.807. The SMILES string of the molecule is O=C(O)c1ccc(COc2cccc(O)c2)cc1Cl. The lowest BCUT2D eigenvalue weighted by atomic mass is 10.1. The van der Waals surface area contributed by atoms with E-state index in [9.17, 15) is 9.90 Å². The van der Waals surface area contributed by atoms with Gasteiger partial charge >= 0.3 is 5.97 Å². The Morgan fingerprint density at radius 2 is 2.00 bits per heavy atom. The first kappa shape index (κ1) is 13.2. The molecule has 0 heterocycles. The van der Waals surface area contributed by atoms with Gasteiger partial charge in [-0.05, 0) is 29.8 Å². The van der Waals surface area contributed by atoms with Crippen molar-refractivity contribution in [1.29, 1.82) is 0 Å². The van der Waals surface area contributed by atoms with Crippen LogP contribution in [0.25, 0.3) is 0 Å². The van der Waals surface area contributed by atoms with Crippen LogP contribution in [0.5, 0.6) is 11.5 Å². The minimum absolute atomic E-state index is 0.0581. The molecule has 0 aliphatic rings. The van der Waals surface area contributed by atoms with Crippen LogP contribution in [0.3, 0.4) is 0 Å². The minimum atomic E-state index is -1.06. The number of ether oxygens (including phenoxy) is 1. The Hall–Kier alpha value is -2.20. The number of phenols is 1. The van der Waals surface area contributed by atoms with Crippen LogP contribution in [-0.4, -0.2) is 16.2 Å². The van der Waals surface area contributed by atoms with Crippen LogP contribution in [-0.2, 0) is 6.61 Å². The zero-order valence-electron chi connectivity index (χ0n) is 9.84. The first-order valence-corrected chi connectivity index (χ1v) is 5.87. The fraction of sp³-hybridized carbons (Fsp3) is 0.0714. The van der Waals surface area contributed by atoms with E-state index in [4.69, 9.17) is 21.4 Å². The highest BCUT2D eigenvalue weighted by atomic mass is 35.5. The van der Waals surface area contributed by atoms with Gasteiger partial charge in [0.1, 0.15) is 18.1 Å². The Morgan fingerprint density at radius 3 is 2.63 bits per heavy atom. The van der Waals surface area contributed by atoms with Crippen molar-refractivity contribution in [3.8, 4) is 11.5 Å². The topological polar surface area (TPSA) is 66.8 Å². The third-order valence-corrected chi connectivity index (χ3v) is 2.80. The van der Waals surface area contributed by atoms with E-state index in [1.807, 2.05) is 0 Å². The lowest BCUT2D eigenvalue weighted by molar-refractivity contribution is 0.0697. The second-order valence-corrected chi connectivity index (χ2v) is 4.31. The smallest absolute Gasteiger partial charge is 0.337 e. The Balaban J connectivity index is 2.08. The minimum Gasteiger partial charge on any atom is -0.508 e. The van der Waals surface area contributed by atoms with Crippen molar-refractivity contribution in [1.82, 2.24) is 0 Å². The van der Waals surface area contributed by atoms with Gasteiger partial charge in [-0.3, -0.25) is 0 Å². The van der Waals surface area contributed by atoms with E-state index >= 15 is 0 Å². The first-order chi connectivity index (χ1) is 9.06. The standard InChI is InChI=1S/C14H11ClO4/c15-13-6-9(4-5-12(13)14(17)18)8-19-11-3-1-2-10(16)7-11/h1-7,16H,8H2,(H,17,18). The quantitative estimate of drug-likeness (QED) is 0.900. The predicted octanol–water partition coefficient (Wildman–Crippen LogP) is 3.32. The van der Waals surface area contributed by atoms with E-state index in [1.165, 1.54) is 12.1 Å². The second kappa shape index (κ2) is 5.63. The van der Waals surface area contributed by atoms with Gasteiger partial charge in [-0.15, -0.1) is 0 Å². The van der Waals surface area contributed by atoms with Gasteiger partial charge in [0, 0.05) is 6.07 Å². The molecule has 0 saturated heterocycles. The van der Waals surface area contributed by atoms with Gasteiger partial charge in [-0.25, -0.2) is 4.79 Å². The van der Waals surface area contributed by atoms with Gasteiger partial charge in [-0.1, -0.05) is 23.7 Å². The van der Waals surface area contributed by atoms with Crippen molar-refractivity contribution >= 4 is 17.6 Å². The normalized spacial score (nSPS) is 10.2. The highest BCUT2D eigenvalue weighted by Gasteiger charge is 2.09. The van der Waals surface area contributed by atoms with Crippen molar-refractivity contribution in [2.24, 2.45) is 0 Å². The fourth-order valence-corrected chi connectivity index (χ4v) is 1.85. The molecule has 0 fully saturated rings. The maximum atomic E-state index is 10.8. The van der Waals surface area contributed by atoms with Crippen LogP contribution >= 0.6 is 11.6 Å². The van der Waals surface area contributed by atoms with E-state index in [0.29, 0.717) is 5.75 Å². The molecule has 19 heavy (non-hydrogen) atoms. The fourth-order valence-electron chi connectivity index (χ4n) is 1.56. The number of carbonyl (C=O) groups is 1. The molecule has 0 aliphatic carbocycles. The Kier molecular flexibility index (Phi) is 3.92. The van der Waals surface area contributed by atoms with Crippen molar-refractivity contribution in [2.75, 3.05) is 0 Å². The number of aromatic hydroxyl groups is 1. The molecule has 0 amide bonds. The summed E-state index contributed by atoms with van der Waals surface area (Å²) >= 11 is 5.85. The van der Waals surface area contributed by atoms with Crippen LogP contribution in [0.15, 0.2) is 42.5 Å². The Bertz CT molecular complexity index is 610. The second-order valence-electron chi connectivity index (χ2n) is 3.91. The molecule has 2 aromatic carbocycles. The maximum Gasteiger partial charge on any atom is 0.337 e. The number of rotatable bonds is 4. The first-order valence-electron chi connectivity index (χ1n) is 5.50. The van der Waals surface area contributed by atoms with Crippen molar-refractivity contribution in [3.05, 3.63) is 58.6 Å². The molecule has 0 radical (unpaired) electrons. The lowest BCUT2D eigenvalue weighted by Crippen LogP contribution is -2.00. The van der Waals surface area contributed by atoms with E-state index < -0.39 is 5.97 Å². The van der Waals surface area contributed by atoms with Crippen molar-refractivity contribution in [3.63, 3.8) is 0 Å². The van der Waals surface area contributed by atoms with E-state index in [0.717, 1.165) is 5.56 Å². The molecule has 0 aromatic heterocycles. The molecule has 0 unspecified atom stereocenters. The monoisotopic (exact) mass is 278 g/mol. The summed E-state index contributed by atoms with van der Waals surface area (Å²) in [4.78, 5) is 10.8. The van der Waals surface area contributed by atoms with Crippen molar-refractivity contribution < 1.29 is 19.7 Å². The number of carboxylic acid groups (broad SMARTS) is 1. The molecule has 2 rings (SSSR count). The largest absolute Gasteiger partial charge is 0.508 e. The average molecular weight is 279 g/mol. The number of benzene rings is 2. The number of hydrogen-bond donors (Lipinski definition) is 2. The maximum absolute atomic E-state index is 10.8. The van der Waals surface area contributed by atoms with E-state index in [1.54, 1.807) is 30.3 Å². The lowest BCUT2D eigenvalue weighted by Gasteiger charge is -2.07. The van der Waals surface area contributed by atoms with Crippen LogP contribution in [0.4, 0.5) is 0 Å².